The van der Waals surface area contributed by atoms with E-state index in [1.165, 1.54) is 11.1 Å². The second-order valence-electron chi connectivity index (χ2n) is 5.34. The molecular weight excluding hydrogens is 303 g/mol. The molecule has 0 aliphatic carbocycles. The number of ether oxygens (including phenoxy) is 1. The molecule has 0 radical (unpaired) electrons. The number of alkyl halides is 2. The zero-order chi connectivity index (χ0) is 15.1. The van der Waals surface area contributed by atoms with Crippen molar-refractivity contribution < 1.29 is 4.74 Å². The van der Waals surface area contributed by atoms with E-state index < -0.39 is 0 Å². The van der Waals surface area contributed by atoms with Crippen LogP contribution in [-0.4, -0.2) is 18.4 Å². The summed E-state index contributed by atoms with van der Waals surface area (Å²) in [5, 5.41) is 0. The van der Waals surface area contributed by atoms with Crippen LogP contribution in [0.25, 0.3) is 0 Å². The molecule has 112 valence electrons. The van der Waals surface area contributed by atoms with Gasteiger partial charge in [0.25, 0.3) is 0 Å². The zero-order valence-electron chi connectivity index (χ0n) is 12.2. The van der Waals surface area contributed by atoms with Gasteiger partial charge in [-0.05, 0) is 23.6 Å². The molecule has 2 rings (SSSR count). The first kappa shape index (κ1) is 16.4. The van der Waals surface area contributed by atoms with Crippen LogP contribution in [0.1, 0.15) is 16.7 Å². The van der Waals surface area contributed by atoms with E-state index in [1.807, 2.05) is 30.3 Å². The highest BCUT2D eigenvalue weighted by molar-refractivity contribution is 6.22. The minimum atomic E-state index is -0.344. The van der Waals surface area contributed by atoms with Gasteiger partial charge in [-0.15, -0.1) is 23.2 Å². The summed E-state index contributed by atoms with van der Waals surface area (Å²) in [5.41, 5.74) is 3.17. The summed E-state index contributed by atoms with van der Waals surface area (Å²) in [7, 11) is 0. The fraction of sp³-hybridized carbons (Fsp3) is 0.333. The molecule has 0 unspecified atom stereocenters. The maximum Gasteiger partial charge on any atom is 0.0717 e. The molecule has 0 N–H and O–H groups in total. The summed E-state index contributed by atoms with van der Waals surface area (Å²) < 4.78 is 5.91. The highest BCUT2D eigenvalue weighted by Crippen LogP contribution is 2.30. The topological polar surface area (TPSA) is 9.23 Å². The smallest absolute Gasteiger partial charge is 0.0717 e. The van der Waals surface area contributed by atoms with Crippen LogP contribution in [0, 0.1) is 6.92 Å². The van der Waals surface area contributed by atoms with Crippen LogP contribution >= 0.6 is 23.2 Å². The number of aryl methyl sites for hydroxylation is 1. The Morgan fingerprint density at radius 1 is 0.905 bits per heavy atom. The highest BCUT2D eigenvalue weighted by atomic mass is 35.5. The SMILES string of the molecule is Cc1ccccc1C(CCl)(CCl)COCc1ccccc1. The summed E-state index contributed by atoms with van der Waals surface area (Å²) in [6.45, 7) is 3.17. The van der Waals surface area contributed by atoms with Crippen molar-refractivity contribution in [3.63, 3.8) is 0 Å². The van der Waals surface area contributed by atoms with Gasteiger partial charge in [-0.1, -0.05) is 54.6 Å². The Balaban J connectivity index is 2.10. The lowest BCUT2D eigenvalue weighted by atomic mass is 9.82. The molecule has 0 fully saturated rings. The van der Waals surface area contributed by atoms with Crippen molar-refractivity contribution in [1.29, 1.82) is 0 Å². The van der Waals surface area contributed by atoms with Gasteiger partial charge in [-0.25, -0.2) is 0 Å². The number of hydrogen-bond acceptors (Lipinski definition) is 1. The van der Waals surface area contributed by atoms with Crippen molar-refractivity contribution in [3.05, 3.63) is 71.3 Å². The van der Waals surface area contributed by atoms with Crippen molar-refractivity contribution in [2.45, 2.75) is 18.9 Å². The minimum absolute atomic E-state index is 0.344. The molecule has 2 aromatic carbocycles. The van der Waals surface area contributed by atoms with E-state index in [0.29, 0.717) is 25.0 Å². The second-order valence-corrected chi connectivity index (χ2v) is 5.88. The Labute approximate surface area is 136 Å². The first-order valence-electron chi connectivity index (χ1n) is 7.01. The molecule has 0 spiro atoms. The normalized spacial score (nSPS) is 11.6. The maximum atomic E-state index is 6.25. The maximum absolute atomic E-state index is 6.25. The fourth-order valence-corrected chi connectivity index (χ4v) is 3.17. The Morgan fingerprint density at radius 2 is 1.52 bits per heavy atom. The molecule has 0 amide bonds. The Hall–Kier alpha value is -1.02. The van der Waals surface area contributed by atoms with Crippen LogP contribution in [0.4, 0.5) is 0 Å². The molecule has 2 aromatic rings. The first-order valence-corrected chi connectivity index (χ1v) is 8.08. The van der Waals surface area contributed by atoms with Gasteiger partial charge in [0, 0.05) is 17.2 Å². The number of hydrogen-bond donors (Lipinski definition) is 0. The van der Waals surface area contributed by atoms with E-state index in [4.69, 9.17) is 27.9 Å². The van der Waals surface area contributed by atoms with Gasteiger partial charge in [-0.3, -0.25) is 0 Å². The highest BCUT2D eigenvalue weighted by Gasteiger charge is 2.32. The lowest BCUT2D eigenvalue weighted by Crippen LogP contribution is -2.36. The van der Waals surface area contributed by atoms with Crippen molar-refractivity contribution in [2.75, 3.05) is 18.4 Å². The van der Waals surface area contributed by atoms with Crippen molar-refractivity contribution in [1.82, 2.24) is 0 Å². The minimum Gasteiger partial charge on any atom is -0.376 e. The van der Waals surface area contributed by atoms with Crippen molar-refractivity contribution >= 4 is 23.2 Å². The molecule has 0 aliphatic heterocycles. The van der Waals surface area contributed by atoms with Crippen molar-refractivity contribution in [3.8, 4) is 0 Å². The van der Waals surface area contributed by atoms with Crippen LogP contribution < -0.4 is 0 Å². The predicted molar refractivity (Wildman–Crippen MR) is 90.4 cm³/mol. The molecule has 0 bridgehead atoms. The summed E-state index contributed by atoms with van der Waals surface area (Å²) in [6.07, 6.45) is 0. The summed E-state index contributed by atoms with van der Waals surface area (Å²) in [5.74, 6) is 0.881. The van der Waals surface area contributed by atoms with Crippen LogP contribution in [0.15, 0.2) is 54.6 Å². The van der Waals surface area contributed by atoms with Gasteiger partial charge in [0.15, 0.2) is 0 Å². The van der Waals surface area contributed by atoms with E-state index in [9.17, 15) is 0 Å². The molecule has 0 atom stereocenters. The third-order valence-corrected chi connectivity index (χ3v) is 4.74. The van der Waals surface area contributed by atoms with Gasteiger partial charge in [0.2, 0.25) is 0 Å². The molecule has 0 saturated heterocycles. The van der Waals surface area contributed by atoms with Gasteiger partial charge in [0.05, 0.1) is 13.2 Å². The fourth-order valence-electron chi connectivity index (χ4n) is 2.44. The van der Waals surface area contributed by atoms with Crippen LogP contribution in [0.2, 0.25) is 0 Å². The summed E-state index contributed by atoms with van der Waals surface area (Å²) in [4.78, 5) is 0. The van der Waals surface area contributed by atoms with E-state index in [-0.39, 0.29) is 5.41 Å². The van der Waals surface area contributed by atoms with Gasteiger partial charge < -0.3 is 4.74 Å². The summed E-state index contributed by atoms with van der Waals surface area (Å²) >= 11 is 12.5. The molecule has 3 heteroatoms. The third kappa shape index (κ3) is 4.00. The standard InChI is InChI=1S/C18H20Cl2O/c1-15-7-5-6-10-17(15)18(12-19,13-20)14-21-11-16-8-3-2-4-9-16/h2-10H,11-14H2,1H3. The molecule has 0 heterocycles. The average molecular weight is 323 g/mol. The van der Waals surface area contributed by atoms with Crippen LogP contribution in [-0.2, 0) is 16.8 Å². The van der Waals surface area contributed by atoms with E-state index in [2.05, 4.69) is 31.2 Å². The molecule has 0 aliphatic rings. The van der Waals surface area contributed by atoms with Gasteiger partial charge in [-0.2, -0.15) is 0 Å². The number of halogens is 2. The number of benzene rings is 2. The third-order valence-electron chi connectivity index (χ3n) is 3.72. The Morgan fingerprint density at radius 3 is 2.14 bits per heavy atom. The quantitative estimate of drug-likeness (QED) is 0.657. The Kier molecular flexibility index (Phi) is 6.10. The summed E-state index contributed by atoms with van der Waals surface area (Å²) in [6, 6.07) is 18.3. The van der Waals surface area contributed by atoms with E-state index >= 15 is 0 Å². The van der Waals surface area contributed by atoms with Gasteiger partial charge in [0.1, 0.15) is 0 Å². The lowest BCUT2D eigenvalue weighted by Gasteiger charge is -2.31. The molecular formula is C18H20Cl2O. The molecule has 1 nitrogen and oxygen atoms in total. The molecule has 0 aromatic heterocycles. The van der Waals surface area contributed by atoms with Crippen LogP contribution in [0.3, 0.4) is 0 Å². The average Bonchev–Trinajstić information content (AvgIpc) is 2.54. The van der Waals surface area contributed by atoms with Crippen LogP contribution in [0.5, 0.6) is 0 Å². The first-order chi connectivity index (χ1) is 10.2. The van der Waals surface area contributed by atoms with Gasteiger partial charge >= 0.3 is 0 Å². The number of rotatable bonds is 7. The predicted octanol–water partition coefficient (Wildman–Crippen LogP) is 4.93. The van der Waals surface area contributed by atoms with E-state index in [1.54, 1.807) is 0 Å². The lowest BCUT2D eigenvalue weighted by molar-refractivity contribution is 0.0845. The molecule has 0 saturated carbocycles. The monoisotopic (exact) mass is 322 g/mol. The zero-order valence-corrected chi connectivity index (χ0v) is 13.7. The van der Waals surface area contributed by atoms with E-state index in [0.717, 1.165) is 5.56 Å². The van der Waals surface area contributed by atoms with Crippen molar-refractivity contribution in [2.24, 2.45) is 0 Å². The molecule has 21 heavy (non-hydrogen) atoms. The second kappa shape index (κ2) is 7.84. The Bertz CT molecular complexity index is 550. The largest absolute Gasteiger partial charge is 0.376 e.